The van der Waals surface area contributed by atoms with E-state index in [1.807, 2.05) is 38.1 Å². The summed E-state index contributed by atoms with van der Waals surface area (Å²) < 4.78 is 5.85. The van der Waals surface area contributed by atoms with Crippen LogP contribution in [0.5, 0.6) is 5.75 Å². The molecule has 3 heterocycles. The van der Waals surface area contributed by atoms with Gasteiger partial charge in [-0.1, -0.05) is 0 Å². The third-order valence-electron chi connectivity index (χ3n) is 5.26. The van der Waals surface area contributed by atoms with Crippen molar-refractivity contribution in [1.82, 2.24) is 25.1 Å². The van der Waals surface area contributed by atoms with Gasteiger partial charge in [0.1, 0.15) is 23.6 Å². The summed E-state index contributed by atoms with van der Waals surface area (Å²) in [6.45, 7) is 10.0. The quantitative estimate of drug-likeness (QED) is 0.622. The number of aromatic amines is 1. The minimum atomic E-state index is 0.118. The van der Waals surface area contributed by atoms with E-state index in [0.29, 0.717) is 11.9 Å². The fraction of sp³-hybridized carbons (Fsp3) is 0.476. The fourth-order valence-electron chi connectivity index (χ4n) is 3.83. The Morgan fingerprint density at radius 3 is 2.86 bits per heavy atom. The van der Waals surface area contributed by atoms with Crippen LogP contribution in [0, 0.1) is 0 Å². The molecule has 0 spiro atoms. The molecule has 0 aliphatic carbocycles. The van der Waals surface area contributed by atoms with Crippen LogP contribution in [0.15, 0.2) is 30.6 Å². The molecule has 0 bridgehead atoms. The summed E-state index contributed by atoms with van der Waals surface area (Å²) in [5, 5.41) is 8.60. The number of ether oxygens (including phenoxy) is 1. The Kier molecular flexibility index (Phi) is 5.87. The third-order valence-corrected chi connectivity index (χ3v) is 5.43. The number of H-pyrrole nitrogens is 1. The zero-order valence-corrected chi connectivity index (χ0v) is 17.9. The first-order valence-electron chi connectivity index (χ1n) is 10.1. The minimum Gasteiger partial charge on any atom is -0.491 e. The lowest BCUT2D eigenvalue weighted by molar-refractivity contribution is 0.200. The number of fused-ring (bicyclic) bond motifs is 1. The van der Waals surface area contributed by atoms with Gasteiger partial charge in [-0.25, -0.2) is 9.97 Å². The van der Waals surface area contributed by atoms with Crippen LogP contribution in [-0.2, 0) is 0 Å². The standard InChI is InChI=1S/C21H27ClN6O/c1-14(2)29-16-4-5-18-17(10-16)21(26-25-18)19-11-20(24-13-23-19)28-9-8-27(7-6-22)15(3)12-28/h4-5,10-11,13-15H,6-9,12H2,1-3H3,(H,25,26)/t15-/m0/s1. The van der Waals surface area contributed by atoms with E-state index in [2.05, 4.69) is 36.9 Å². The molecule has 0 unspecified atom stereocenters. The zero-order valence-electron chi connectivity index (χ0n) is 17.1. The number of nitrogens with one attached hydrogen (secondary N) is 1. The van der Waals surface area contributed by atoms with Gasteiger partial charge in [-0.2, -0.15) is 5.10 Å². The van der Waals surface area contributed by atoms with E-state index in [-0.39, 0.29) is 6.10 Å². The molecule has 8 heteroatoms. The first kappa shape index (κ1) is 19.9. The topological polar surface area (TPSA) is 70.2 Å². The van der Waals surface area contributed by atoms with Crippen molar-refractivity contribution in [2.24, 2.45) is 0 Å². The van der Waals surface area contributed by atoms with Gasteiger partial charge in [0.25, 0.3) is 0 Å². The van der Waals surface area contributed by atoms with Gasteiger partial charge >= 0.3 is 0 Å². The average Bonchev–Trinajstić information content (AvgIpc) is 3.12. The molecule has 3 aromatic rings. The van der Waals surface area contributed by atoms with Crippen molar-refractivity contribution >= 4 is 28.3 Å². The number of aromatic nitrogens is 4. The highest BCUT2D eigenvalue weighted by molar-refractivity contribution is 6.18. The Morgan fingerprint density at radius 2 is 2.10 bits per heavy atom. The largest absolute Gasteiger partial charge is 0.491 e. The van der Waals surface area contributed by atoms with Gasteiger partial charge in [0.05, 0.1) is 17.3 Å². The first-order valence-corrected chi connectivity index (χ1v) is 10.6. The van der Waals surface area contributed by atoms with E-state index in [0.717, 1.165) is 60.0 Å². The van der Waals surface area contributed by atoms with Crippen LogP contribution in [0.25, 0.3) is 22.3 Å². The van der Waals surface area contributed by atoms with Crippen molar-refractivity contribution in [2.45, 2.75) is 32.9 Å². The Labute approximate surface area is 176 Å². The molecule has 1 aliphatic rings. The van der Waals surface area contributed by atoms with Gasteiger partial charge in [0, 0.05) is 49.6 Å². The number of halogens is 1. The molecule has 0 amide bonds. The summed E-state index contributed by atoms with van der Waals surface area (Å²) in [4.78, 5) is 13.7. The van der Waals surface area contributed by atoms with Gasteiger partial charge < -0.3 is 9.64 Å². The molecule has 0 saturated carbocycles. The van der Waals surface area contributed by atoms with E-state index in [1.54, 1.807) is 6.33 Å². The van der Waals surface area contributed by atoms with Crippen molar-refractivity contribution in [1.29, 1.82) is 0 Å². The molecule has 1 saturated heterocycles. The second kappa shape index (κ2) is 8.55. The lowest BCUT2D eigenvalue weighted by Crippen LogP contribution is -2.52. The molecular weight excluding hydrogens is 388 g/mol. The SMILES string of the molecule is CC(C)Oc1ccc2[nH]nc(-c3cc(N4CCN(CCCl)[C@@H](C)C4)ncn3)c2c1. The highest BCUT2D eigenvalue weighted by atomic mass is 35.5. The Balaban J connectivity index is 1.61. The van der Waals surface area contributed by atoms with Gasteiger partial charge in [0.2, 0.25) is 0 Å². The molecule has 1 aliphatic heterocycles. The molecule has 1 N–H and O–H groups in total. The van der Waals surface area contributed by atoms with Crippen molar-refractivity contribution in [3.63, 3.8) is 0 Å². The average molecular weight is 415 g/mol. The highest BCUT2D eigenvalue weighted by Gasteiger charge is 2.24. The van der Waals surface area contributed by atoms with Crippen LogP contribution >= 0.6 is 11.6 Å². The Bertz CT molecular complexity index is 975. The van der Waals surface area contributed by atoms with Crippen LogP contribution < -0.4 is 9.64 Å². The van der Waals surface area contributed by atoms with Crippen molar-refractivity contribution in [2.75, 3.05) is 37.0 Å². The van der Waals surface area contributed by atoms with Crippen LogP contribution in [0.1, 0.15) is 20.8 Å². The number of alkyl halides is 1. The zero-order chi connectivity index (χ0) is 20.4. The van der Waals surface area contributed by atoms with Gasteiger partial charge in [-0.15, -0.1) is 11.6 Å². The van der Waals surface area contributed by atoms with E-state index < -0.39 is 0 Å². The number of hydrogen-bond acceptors (Lipinski definition) is 6. The molecule has 1 aromatic carbocycles. The maximum atomic E-state index is 5.92. The third kappa shape index (κ3) is 4.31. The first-order chi connectivity index (χ1) is 14.0. The summed E-state index contributed by atoms with van der Waals surface area (Å²) >= 11 is 5.92. The smallest absolute Gasteiger partial charge is 0.132 e. The summed E-state index contributed by atoms with van der Waals surface area (Å²) in [7, 11) is 0. The summed E-state index contributed by atoms with van der Waals surface area (Å²) in [6, 6.07) is 8.42. The molecule has 29 heavy (non-hydrogen) atoms. The number of rotatable bonds is 6. The summed E-state index contributed by atoms with van der Waals surface area (Å²) in [5.41, 5.74) is 2.57. The van der Waals surface area contributed by atoms with E-state index in [1.165, 1.54) is 0 Å². The Hall–Kier alpha value is -2.38. The van der Waals surface area contributed by atoms with Gasteiger partial charge in [-0.05, 0) is 39.0 Å². The fourth-order valence-corrected chi connectivity index (χ4v) is 4.04. The lowest BCUT2D eigenvalue weighted by atomic mass is 10.1. The number of piperazine rings is 1. The lowest BCUT2D eigenvalue weighted by Gasteiger charge is -2.40. The highest BCUT2D eigenvalue weighted by Crippen LogP contribution is 2.30. The summed E-state index contributed by atoms with van der Waals surface area (Å²) in [5.74, 6) is 2.42. The van der Waals surface area contributed by atoms with Gasteiger partial charge in [0.15, 0.2) is 0 Å². The second-order valence-electron chi connectivity index (χ2n) is 7.73. The summed E-state index contributed by atoms with van der Waals surface area (Å²) in [6.07, 6.45) is 1.74. The monoisotopic (exact) mass is 414 g/mol. The predicted molar refractivity (Wildman–Crippen MR) is 117 cm³/mol. The van der Waals surface area contributed by atoms with Crippen molar-refractivity contribution in [3.8, 4) is 17.1 Å². The molecule has 2 aromatic heterocycles. The second-order valence-corrected chi connectivity index (χ2v) is 8.11. The molecule has 4 rings (SSSR count). The Morgan fingerprint density at radius 1 is 1.24 bits per heavy atom. The number of anilines is 1. The molecule has 1 fully saturated rings. The number of benzene rings is 1. The van der Waals surface area contributed by atoms with Crippen LogP contribution in [0.3, 0.4) is 0 Å². The maximum Gasteiger partial charge on any atom is 0.132 e. The van der Waals surface area contributed by atoms with Crippen LogP contribution in [-0.4, -0.2) is 69.3 Å². The minimum absolute atomic E-state index is 0.118. The molecule has 0 radical (unpaired) electrons. The van der Waals surface area contributed by atoms with Crippen LogP contribution in [0.2, 0.25) is 0 Å². The van der Waals surface area contributed by atoms with Gasteiger partial charge in [-0.3, -0.25) is 10.00 Å². The van der Waals surface area contributed by atoms with Crippen molar-refractivity contribution in [3.05, 3.63) is 30.6 Å². The maximum absolute atomic E-state index is 5.92. The molecule has 7 nitrogen and oxygen atoms in total. The van der Waals surface area contributed by atoms with E-state index in [4.69, 9.17) is 16.3 Å². The number of hydrogen-bond donors (Lipinski definition) is 1. The van der Waals surface area contributed by atoms with Crippen molar-refractivity contribution < 1.29 is 4.74 Å². The predicted octanol–water partition coefficient (Wildman–Crippen LogP) is 3.56. The number of nitrogens with zero attached hydrogens (tertiary/aromatic N) is 5. The molecule has 154 valence electrons. The molecule has 1 atom stereocenters. The van der Waals surface area contributed by atoms with E-state index >= 15 is 0 Å². The normalized spacial score (nSPS) is 18.0. The van der Waals surface area contributed by atoms with E-state index in [9.17, 15) is 0 Å². The molecular formula is C21H27ClN6O. The van der Waals surface area contributed by atoms with Crippen LogP contribution in [0.4, 0.5) is 5.82 Å².